The number of fused-ring (bicyclic) bond motifs is 1. The fraction of sp³-hybridized carbons (Fsp3) is 0.636. The lowest BCUT2D eigenvalue weighted by atomic mass is 9.53. The Kier molecular flexibility index (Phi) is 4.14. The molecule has 1 heterocycles. The molecule has 144 valence electrons. The summed E-state index contributed by atoms with van der Waals surface area (Å²) in [4.78, 5) is 25.1. The van der Waals surface area contributed by atoms with Crippen LogP contribution in [0, 0.1) is 17.8 Å². The average Bonchev–Trinajstić information content (AvgIpc) is 2.64. The Balaban J connectivity index is 1.18. The van der Waals surface area contributed by atoms with Crippen molar-refractivity contribution >= 4 is 11.7 Å². The molecule has 1 N–H and O–H groups in total. The van der Waals surface area contributed by atoms with Gasteiger partial charge < -0.3 is 14.8 Å². The third-order valence-electron chi connectivity index (χ3n) is 6.89. The summed E-state index contributed by atoms with van der Waals surface area (Å²) in [5.41, 5.74) is 0.605. The minimum absolute atomic E-state index is 0.0197. The summed E-state index contributed by atoms with van der Waals surface area (Å²) in [5.74, 6) is 3.71. The van der Waals surface area contributed by atoms with Crippen LogP contribution in [0.25, 0.3) is 0 Å². The number of Topliss-reactive ketones (excluding diaryl/α,β-unsaturated/α-hetero) is 1. The number of rotatable bonds is 5. The molecule has 27 heavy (non-hydrogen) atoms. The first-order chi connectivity index (χ1) is 13.1. The first-order valence-electron chi connectivity index (χ1n) is 10.3. The molecule has 1 aliphatic heterocycles. The predicted molar refractivity (Wildman–Crippen MR) is 100 cm³/mol. The molecule has 0 unspecified atom stereocenters. The second-order valence-electron chi connectivity index (χ2n) is 9.03. The maximum absolute atomic E-state index is 12.6. The predicted octanol–water partition coefficient (Wildman–Crippen LogP) is 3.51. The van der Waals surface area contributed by atoms with Gasteiger partial charge in [0.2, 0.25) is 5.91 Å². The van der Waals surface area contributed by atoms with Gasteiger partial charge in [0.15, 0.2) is 17.3 Å². The van der Waals surface area contributed by atoms with Crippen molar-refractivity contribution in [2.75, 3.05) is 13.2 Å². The zero-order chi connectivity index (χ0) is 18.4. The molecule has 4 bridgehead atoms. The number of amides is 1. The van der Waals surface area contributed by atoms with E-state index in [2.05, 4.69) is 5.32 Å². The highest BCUT2D eigenvalue weighted by Crippen LogP contribution is 2.55. The van der Waals surface area contributed by atoms with Crippen LogP contribution in [0.3, 0.4) is 0 Å². The number of carbonyl (C=O) groups excluding carboxylic acids is 2. The smallest absolute Gasteiger partial charge is 0.220 e. The molecule has 0 saturated heterocycles. The maximum Gasteiger partial charge on any atom is 0.220 e. The van der Waals surface area contributed by atoms with Crippen molar-refractivity contribution in [1.29, 1.82) is 0 Å². The molecule has 4 saturated carbocycles. The molecule has 4 aliphatic carbocycles. The molecular weight excluding hydrogens is 342 g/mol. The fourth-order valence-corrected chi connectivity index (χ4v) is 6.21. The monoisotopic (exact) mass is 369 g/mol. The SMILES string of the molecule is O=C(CCC(=O)c1ccc2c(c1)OCCO2)NC12CC3CC(CC(C3)C1)C2. The molecule has 1 amide bonds. The van der Waals surface area contributed by atoms with Gasteiger partial charge in [0.05, 0.1) is 0 Å². The minimum Gasteiger partial charge on any atom is -0.486 e. The molecule has 5 nitrogen and oxygen atoms in total. The summed E-state index contributed by atoms with van der Waals surface area (Å²) in [5, 5.41) is 3.35. The highest BCUT2D eigenvalue weighted by Gasteiger charge is 2.51. The van der Waals surface area contributed by atoms with Crippen molar-refractivity contribution in [2.24, 2.45) is 17.8 Å². The normalized spacial score (nSPS) is 33.0. The Morgan fingerprint density at radius 3 is 2.22 bits per heavy atom. The van der Waals surface area contributed by atoms with Gasteiger partial charge in [-0.3, -0.25) is 9.59 Å². The number of hydrogen-bond acceptors (Lipinski definition) is 4. The van der Waals surface area contributed by atoms with Crippen molar-refractivity contribution in [1.82, 2.24) is 5.32 Å². The van der Waals surface area contributed by atoms with E-state index in [0.717, 1.165) is 37.0 Å². The summed E-state index contributed by atoms with van der Waals surface area (Å²) in [6, 6.07) is 5.26. The Morgan fingerprint density at radius 1 is 0.926 bits per heavy atom. The summed E-state index contributed by atoms with van der Waals surface area (Å²) in [6.45, 7) is 1.03. The Labute approximate surface area is 159 Å². The first kappa shape index (κ1) is 17.1. The van der Waals surface area contributed by atoms with E-state index in [9.17, 15) is 9.59 Å². The summed E-state index contributed by atoms with van der Waals surface area (Å²) in [6.07, 6.45) is 7.99. The Hall–Kier alpha value is -2.04. The zero-order valence-electron chi connectivity index (χ0n) is 15.7. The lowest BCUT2D eigenvalue weighted by Crippen LogP contribution is -2.59. The van der Waals surface area contributed by atoms with Crippen molar-refractivity contribution in [2.45, 2.75) is 56.9 Å². The van der Waals surface area contributed by atoms with Crippen LogP contribution in [0.1, 0.15) is 61.7 Å². The van der Waals surface area contributed by atoms with Crippen LogP contribution in [-0.2, 0) is 4.79 Å². The molecule has 0 spiro atoms. The highest BCUT2D eigenvalue weighted by molar-refractivity contribution is 5.98. The number of hydrogen-bond donors (Lipinski definition) is 1. The van der Waals surface area contributed by atoms with Gasteiger partial charge in [-0.15, -0.1) is 0 Å². The third kappa shape index (κ3) is 3.32. The van der Waals surface area contributed by atoms with E-state index in [1.807, 2.05) is 0 Å². The second kappa shape index (κ2) is 6.54. The van der Waals surface area contributed by atoms with Crippen LogP contribution in [-0.4, -0.2) is 30.4 Å². The molecule has 0 atom stereocenters. The lowest BCUT2D eigenvalue weighted by Gasteiger charge is -2.56. The number of benzene rings is 1. The van der Waals surface area contributed by atoms with E-state index in [1.165, 1.54) is 19.3 Å². The average molecular weight is 369 g/mol. The van der Waals surface area contributed by atoms with E-state index in [1.54, 1.807) is 18.2 Å². The van der Waals surface area contributed by atoms with Crippen LogP contribution in [0.2, 0.25) is 0 Å². The van der Waals surface area contributed by atoms with E-state index < -0.39 is 0 Å². The minimum atomic E-state index is -0.0207. The van der Waals surface area contributed by atoms with Crippen LogP contribution in [0.15, 0.2) is 18.2 Å². The van der Waals surface area contributed by atoms with Crippen molar-refractivity contribution < 1.29 is 19.1 Å². The van der Waals surface area contributed by atoms with Gasteiger partial charge in [0.1, 0.15) is 13.2 Å². The molecule has 0 radical (unpaired) electrons. The molecule has 5 heteroatoms. The summed E-state index contributed by atoms with van der Waals surface area (Å²) in [7, 11) is 0. The van der Waals surface area contributed by atoms with Gasteiger partial charge >= 0.3 is 0 Å². The zero-order valence-corrected chi connectivity index (χ0v) is 15.7. The Morgan fingerprint density at radius 2 is 1.56 bits per heavy atom. The van der Waals surface area contributed by atoms with Gasteiger partial charge in [-0.05, 0) is 74.5 Å². The second-order valence-corrected chi connectivity index (χ2v) is 9.03. The molecule has 6 rings (SSSR count). The first-order valence-corrected chi connectivity index (χ1v) is 10.3. The van der Waals surface area contributed by atoms with Crippen LogP contribution < -0.4 is 14.8 Å². The van der Waals surface area contributed by atoms with Gasteiger partial charge in [0.25, 0.3) is 0 Å². The molecule has 4 fully saturated rings. The highest BCUT2D eigenvalue weighted by atomic mass is 16.6. The van der Waals surface area contributed by atoms with E-state index in [-0.39, 0.29) is 30.1 Å². The number of ether oxygens (including phenoxy) is 2. The van der Waals surface area contributed by atoms with Crippen LogP contribution in [0.5, 0.6) is 11.5 Å². The Bertz CT molecular complexity index is 736. The van der Waals surface area contributed by atoms with Crippen molar-refractivity contribution in [3.63, 3.8) is 0 Å². The quantitative estimate of drug-likeness (QED) is 0.807. The van der Waals surface area contributed by atoms with Gasteiger partial charge in [-0.1, -0.05) is 0 Å². The molecular formula is C22H27NO4. The van der Waals surface area contributed by atoms with Gasteiger partial charge in [-0.25, -0.2) is 0 Å². The topological polar surface area (TPSA) is 64.6 Å². The van der Waals surface area contributed by atoms with Crippen molar-refractivity contribution in [3.8, 4) is 11.5 Å². The largest absolute Gasteiger partial charge is 0.486 e. The van der Waals surface area contributed by atoms with Crippen LogP contribution >= 0.6 is 0 Å². The molecule has 0 aromatic heterocycles. The van der Waals surface area contributed by atoms with Gasteiger partial charge in [-0.2, -0.15) is 0 Å². The fourth-order valence-electron chi connectivity index (χ4n) is 6.21. The molecule has 1 aromatic rings. The number of nitrogens with one attached hydrogen (secondary N) is 1. The number of carbonyl (C=O) groups is 2. The van der Waals surface area contributed by atoms with Crippen molar-refractivity contribution in [3.05, 3.63) is 23.8 Å². The van der Waals surface area contributed by atoms with Crippen LogP contribution in [0.4, 0.5) is 0 Å². The lowest BCUT2D eigenvalue weighted by molar-refractivity contribution is -0.126. The number of ketones is 1. The van der Waals surface area contributed by atoms with E-state index in [4.69, 9.17) is 9.47 Å². The standard InChI is InChI=1S/C22H27NO4/c24-18(17-1-3-19-20(10-17)27-6-5-26-19)2-4-21(25)23-22-11-14-7-15(12-22)9-16(8-14)13-22/h1,3,10,14-16H,2,4-9,11-13H2,(H,23,25). The third-order valence-corrected chi connectivity index (χ3v) is 6.89. The molecule has 1 aromatic carbocycles. The maximum atomic E-state index is 12.6. The van der Waals surface area contributed by atoms with Gasteiger partial charge in [0, 0.05) is 23.9 Å². The molecule has 5 aliphatic rings. The summed E-state index contributed by atoms with van der Waals surface area (Å²) < 4.78 is 11.0. The van der Waals surface area contributed by atoms with E-state index >= 15 is 0 Å². The van der Waals surface area contributed by atoms with E-state index in [0.29, 0.717) is 30.3 Å². The summed E-state index contributed by atoms with van der Waals surface area (Å²) >= 11 is 0.